The van der Waals surface area contributed by atoms with Crippen LogP contribution in [0.2, 0.25) is 0 Å². The van der Waals surface area contributed by atoms with E-state index in [2.05, 4.69) is 15.0 Å². The molecule has 0 spiro atoms. The van der Waals surface area contributed by atoms with Crippen molar-refractivity contribution in [1.82, 2.24) is 15.0 Å². The standard InChI is InChI=1S/C21H21N5O2/c22-17-4-9-26-21(28-16-5-10-27-11-6-16)19(17)20(23)14-3-8-25-18(12-14)15-2-1-7-24-13-15/h1-4,7-9,12-13,16,23H,5-6,10-11H2,(H2,22,26). The zero-order valence-corrected chi connectivity index (χ0v) is 15.3. The predicted octanol–water partition coefficient (Wildman–Crippen LogP) is 3.09. The average Bonchev–Trinajstić information content (AvgIpc) is 2.75. The number of nitrogens with two attached hydrogens (primary N) is 1. The third-order valence-electron chi connectivity index (χ3n) is 4.65. The molecule has 142 valence electrons. The van der Waals surface area contributed by atoms with E-state index in [-0.39, 0.29) is 11.8 Å². The second-order valence-electron chi connectivity index (χ2n) is 6.56. The molecule has 1 saturated heterocycles. The fourth-order valence-electron chi connectivity index (χ4n) is 3.15. The molecule has 0 atom stereocenters. The Bertz CT molecular complexity index is 972. The maximum absolute atomic E-state index is 8.76. The highest BCUT2D eigenvalue weighted by Gasteiger charge is 2.22. The van der Waals surface area contributed by atoms with Crippen molar-refractivity contribution < 1.29 is 9.47 Å². The summed E-state index contributed by atoms with van der Waals surface area (Å²) >= 11 is 0. The molecule has 0 unspecified atom stereocenters. The van der Waals surface area contributed by atoms with Crippen LogP contribution in [0, 0.1) is 5.41 Å². The number of nitrogens with zero attached hydrogens (tertiary/aromatic N) is 3. The van der Waals surface area contributed by atoms with Crippen LogP contribution in [0.15, 0.2) is 55.1 Å². The van der Waals surface area contributed by atoms with Crippen molar-refractivity contribution in [2.75, 3.05) is 18.9 Å². The molecule has 4 rings (SSSR count). The molecule has 4 heterocycles. The number of hydrogen-bond donors (Lipinski definition) is 2. The van der Waals surface area contributed by atoms with Gasteiger partial charge in [0.2, 0.25) is 5.88 Å². The van der Waals surface area contributed by atoms with E-state index in [1.165, 1.54) is 0 Å². The van der Waals surface area contributed by atoms with E-state index < -0.39 is 0 Å². The molecule has 3 aromatic rings. The summed E-state index contributed by atoms with van der Waals surface area (Å²) in [6.07, 6.45) is 8.34. The first kappa shape index (κ1) is 18.1. The third kappa shape index (κ3) is 3.84. The molecular formula is C21H21N5O2. The predicted molar refractivity (Wildman–Crippen MR) is 107 cm³/mol. The van der Waals surface area contributed by atoms with Gasteiger partial charge in [0, 0.05) is 54.4 Å². The Labute approximate surface area is 163 Å². The number of rotatable bonds is 5. The second-order valence-corrected chi connectivity index (χ2v) is 6.56. The molecule has 1 aliphatic rings. The van der Waals surface area contributed by atoms with Crippen molar-refractivity contribution in [3.63, 3.8) is 0 Å². The summed E-state index contributed by atoms with van der Waals surface area (Å²) in [6.45, 7) is 1.33. The number of anilines is 1. The fraction of sp³-hybridized carbons (Fsp3) is 0.238. The van der Waals surface area contributed by atoms with Crippen molar-refractivity contribution in [2.24, 2.45) is 0 Å². The number of nitrogens with one attached hydrogen (secondary N) is 1. The minimum Gasteiger partial charge on any atom is -0.474 e. The van der Waals surface area contributed by atoms with Crippen LogP contribution in [0.1, 0.15) is 24.0 Å². The topological polar surface area (TPSA) is 107 Å². The molecule has 3 aromatic heterocycles. The van der Waals surface area contributed by atoms with Crippen molar-refractivity contribution in [3.8, 4) is 17.1 Å². The molecular weight excluding hydrogens is 354 g/mol. The van der Waals surface area contributed by atoms with Crippen molar-refractivity contribution >= 4 is 11.4 Å². The molecule has 0 amide bonds. The monoisotopic (exact) mass is 375 g/mol. The number of nitrogen functional groups attached to an aromatic ring is 1. The molecule has 3 N–H and O–H groups in total. The molecule has 7 nitrogen and oxygen atoms in total. The van der Waals surface area contributed by atoms with Crippen LogP contribution in [0.3, 0.4) is 0 Å². The molecule has 0 aliphatic carbocycles. The lowest BCUT2D eigenvalue weighted by Crippen LogP contribution is -2.27. The van der Waals surface area contributed by atoms with Gasteiger partial charge >= 0.3 is 0 Å². The lowest BCUT2D eigenvalue weighted by atomic mass is 10.0. The van der Waals surface area contributed by atoms with Crippen LogP contribution in [0.25, 0.3) is 11.3 Å². The van der Waals surface area contributed by atoms with Crippen LogP contribution in [0.4, 0.5) is 5.69 Å². The Balaban J connectivity index is 1.66. The van der Waals surface area contributed by atoms with E-state index in [1.807, 2.05) is 18.2 Å². The summed E-state index contributed by atoms with van der Waals surface area (Å²) in [5.41, 5.74) is 9.72. The Morgan fingerprint density at radius 3 is 2.71 bits per heavy atom. The molecule has 28 heavy (non-hydrogen) atoms. The number of ether oxygens (including phenoxy) is 2. The molecule has 0 saturated carbocycles. The number of hydrogen-bond acceptors (Lipinski definition) is 7. The molecule has 7 heteroatoms. The smallest absolute Gasteiger partial charge is 0.225 e. The van der Waals surface area contributed by atoms with Gasteiger partial charge < -0.3 is 15.2 Å². The minimum absolute atomic E-state index is 0.0120. The van der Waals surface area contributed by atoms with Gasteiger partial charge in [-0.2, -0.15) is 0 Å². The first-order valence-corrected chi connectivity index (χ1v) is 9.17. The van der Waals surface area contributed by atoms with Gasteiger partial charge in [-0.05, 0) is 30.3 Å². The van der Waals surface area contributed by atoms with Gasteiger partial charge in [-0.3, -0.25) is 15.4 Å². The van der Waals surface area contributed by atoms with E-state index in [4.69, 9.17) is 20.6 Å². The van der Waals surface area contributed by atoms with Gasteiger partial charge in [0.1, 0.15) is 6.10 Å². The average molecular weight is 375 g/mol. The molecule has 0 aromatic carbocycles. The van der Waals surface area contributed by atoms with E-state index in [0.29, 0.717) is 35.9 Å². The Morgan fingerprint density at radius 1 is 1.11 bits per heavy atom. The summed E-state index contributed by atoms with van der Waals surface area (Å²) in [5.74, 6) is 0.386. The molecule has 0 bridgehead atoms. The van der Waals surface area contributed by atoms with Crippen LogP contribution in [0.5, 0.6) is 5.88 Å². The van der Waals surface area contributed by atoms with Crippen LogP contribution >= 0.6 is 0 Å². The van der Waals surface area contributed by atoms with E-state index in [1.54, 1.807) is 36.9 Å². The second kappa shape index (κ2) is 8.14. The quantitative estimate of drug-likeness (QED) is 0.664. The highest BCUT2D eigenvalue weighted by molar-refractivity contribution is 6.15. The normalized spacial score (nSPS) is 14.6. The zero-order chi connectivity index (χ0) is 19.3. The summed E-state index contributed by atoms with van der Waals surface area (Å²) < 4.78 is 11.5. The number of aromatic nitrogens is 3. The summed E-state index contributed by atoms with van der Waals surface area (Å²) in [7, 11) is 0. The summed E-state index contributed by atoms with van der Waals surface area (Å²) in [4.78, 5) is 12.9. The maximum Gasteiger partial charge on any atom is 0.225 e. The van der Waals surface area contributed by atoms with E-state index in [0.717, 1.165) is 24.1 Å². The lowest BCUT2D eigenvalue weighted by molar-refractivity contribution is 0.0237. The largest absolute Gasteiger partial charge is 0.474 e. The highest BCUT2D eigenvalue weighted by atomic mass is 16.5. The molecule has 1 aliphatic heterocycles. The maximum atomic E-state index is 8.76. The summed E-state index contributed by atoms with van der Waals surface area (Å²) in [5, 5.41) is 8.76. The third-order valence-corrected chi connectivity index (χ3v) is 4.65. The van der Waals surface area contributed by atoms with Gasteiger partial charge in [0.15, 0.2) is 0 Å². The van der Waals surface area contributed by atoms with Crippen molar-refractivity contribution in [1.29, 1.82) is 5.41 Å². The van der Waals surface area contributed by atoms with Crippen molar-refractivity contribution in [3.05, 3.63) is 66.2 Å². The van der Waals surface area contributed by atoms with Gasteiger partial charge in [0.25, 0.3) is 0 Å². The van der Waals surface area contributed by atoms with Gasteiger partial charge in [-0.15, -0.1) is 0 Å². The van der Waals surface area contributed by atoms with E-state index >= 15 is 0 Å². The first-order chi connectivity index (χ1) is 13.7. The van der Waals surface area contributed by atoms with Crippen LogP contribution in [-0.4, -0.2) is 40.0 Å². The minimum atomic E-state index is 0.0120. The van der Waals surface area contributed by atoms with Crippen molar-refractivity contribution in [2.45, 2.75) is 18.9 Å². The SMILES string of the molecule is N=C(c1ccnc(-c2cccnc2)c1)c1c(N)ccnc1OC1CCOCC1. The van der Waals surface area contributed by atoms with Crippen LogP contribution in [-0.2, 0) is 4.74 Å². The Morgan fingerprint density at radius 2 is 1.93 bits per heavy atom. The Kier molecular flexibility index (Phi) is 5.25. The van der Waals surface area contributed by atoms with Crippen LogP contribution < -0.4 is 10.5 Å². The van der Waals surface area contributed by atoms with Gasteiger partial charge in [-0.1, -0.05) is 0 Å². The zero-order valence-electron chi connectivity index (χ0n) is 15.3. The first-order valence-electron chi connectivity index (χ1n) is 9.17. The lowest BCUT2D eigenvalue weighted by Gasteiger charge is -2.24. The fourth-order valence-corrected chi connectivity index (χ4v) is 3.15. The molecule has 1 fully saturated rings. The molecule has 0 radical (unpaired) electrons. The Hall–Kier alpha value is -3.32. The highest BCUT2D eigenvalue weighted by Crippen LogP contribution is 2.28. The summed E-state index contributed by atoms with van der Waals surface area (Å²) in [6, 6.07) is 9.11. The van der Waals surface area contributed by atoms with Gasteiger partial charge in [0.05, 0.1) is 30.2 Å². The van der Waals surface area contributed by atoms with E-state index in [9.17, 15) is 0 Å². The van der Waals surface area contributed by atoms with Gasteiger partial charge in [-0.25, -0.2) is 4.98 Å². The number of pyridine rings is 3.